The fourth-order valence-corrected chi connectivity index (χ4v) is 3.13. The minimum absolute atomic E-state index is 0. The number of likely N-dealkylation sites (N-methyl/N-ethyl adjacent to an activating group) is 1. The molecular weight excluding hydrogens is 373 g/mol. The maximum Gasteiger partial charge on any atom is 0.254 e. The first kappa shape index (κ1) is 21.0. The minimum Gasteiger partial charge on any atom is -0.353 e. The predicted octanol–water partition coefficient (Wildman–Crippen LogP) is 2.74. The molecule has 0 spiro atoms. The summed E-state index contributed by atoms with van der Waals surface area (Å²) in [6.45, 7) is 3.06. The van der Waals surface area contributed by atoms with Gasteiger partial charge in [0.2, 0.25) is 5.91 Å². The molecule has 1 saturated heterocycles. The van der Waals surface area contributed by atoms with E-state index in [0.717, 1.165) is 6.42 Å². The molecule has 1 heterocycles. The van der Waals surface area contributed by atoms with Crippen LogP contribution in [0.1, 0.15) is 30.1 Å². The Bertz CT molecular complexity index is 578. The highest BCUT2D eigenvalue weighted by Gasteiger charge is 2.34. The fraction of sp³-hybridized carbons (Fsp3) is 0.500. The lowest BCUT2D eigenvalue weighted by Crippen LogP contribution is -2.48. The quantitative estimate of drug-likeness (QED) is 0.807. The Kier molecular flexibility index (Phi) is 8.30. The molecule has 1 fully saturated rings. The number of rotatable bonds is 5. The van der Waals surface area contributed by atoms with Gasteiger partial charge in [-0.05, 0) is 45.0 Å². The van der Waals surface area contributed by atoms with Gasteiger partial charge in [0.25, 0.3) is 5.91 Å². The van der Waals surface area contributed by atoms with Gasteiger partial charge in [-0.1, -0.05) is 23.2 Å². The summed E-state index contributed by atoms with van der Waals surface area (Å²) >= 11 is 11.9. The van der Waals surface area contributed by atoms with Crippen LogP contribution >= 0.6 is 35.6 Å². The average molecular weight is 395 g/mol. The number of carbonyl (C=O) groups is 2. The van der Waals surface area contributed by atoms with Crippen molar-refractivity contribution in [1.29, 1.82) is 0 Å². The number of benzene rings is 1. The van der Waals surface area contributed by atoms with Gasteiger partial charge >= 0.3 is 0 Å². The molecule has 8 heteroatoms. The second-order valence-electron chi connectivity index (χ2n) is 5.75. The van der Waals surface area contributed by atoms with Gasteiger partial charge < -0.3 is 15.5 Å². The highest BCUT2D eigenvalue weighted by atomic mass is 35.5. The molecule has 2 atom stereocenters. The van der Waals surface area contributed by atoms with Crippen LogP contribution in [-0.2, 0) is 4.79 Å². The average Bonchev–Trinajstić information content (AvgIpc) is 3.00. The van der Waals surface area contributed by atoms with Gasteiger partial charge in [0.15, 0.2) is 0 Å². The molecular formula is C16H22Cl3N3O2. The zero-order valence-corrected chi connectivity index (χ0v) is 16.0. The normalized spacial score (nSPS) is 18.0. The molecule has 1 aromatic rings. The lowest BCUT2D eigenvalue weighted by atomic mass is 10.1. The summed E-state index contributed by atoms with van der Waals surface area (Å²) in [5.41, 5.74) is 0.408. The molecule has 1 aliphatic rings. The molecule has 2 N–H and O–H groups in total. The van der Waals surface area contributed by atoms with Crippen LogP contribution in [0.15, 0.2) is 18.2 Å². The number of nitrogens with one attached hydrogen (secondary N) is 2. The number of nitrogens with zero attached hydrogens (tertiary/aromatic N) is 1. The van der Waals surface area contributed by atoms with Crippen molar-refractivity contribution in [3.63, 3.8) is 0 Å². The van der Waals surface area contributed by atoms with Crippen LogP contribution in [-0.4, -0.2) is 48.9 Å². The van der Waals surface area contributed by atoms with Gasteiger partial charge in [-0.3, -0.25) is 9.59 Å². The van der Waals surface area contributed by atoms with Crippen LogP contribution in [0.25, 0.3) is 0 Å². The number of carbonyl (C=O) groups excluding carboxylic acids is 2. The van der Waals surface area contributed by atoms with E-state index in [2.05, 4.69) is 10.6 Å². The molecule has 0 radical (unpaired) electrons. The molecule has 2 rings (SSSR count). The Balaban J connectivity index is 0.00000288. The molecule has 2 unspecified atom stereocenters. The van der Waals surface area contributed by atoms with Crippen LogP contribution in [0.5, 0.6) is 0 Å². The molecule has 2 amide bonds. The van der Waals surface area contributed by atoms with Crippen LogP contribution in [0, 0.1) is 0 Å². The third-order valence-electron chi connectivity index (χ3n) is 4.00. The molecule has 1 aliphatic heterocycles. The van der Waals surface area contributed by atoms with Crippen molar-refractivity contribution in [3.05, 3.63) is 33.8 Å². The summed E-state index contributed by atoms with van der Waals surface area (Å²) in [7, 11) is 1.84. The molecule has 134 valence electrons. The molecule has 5 nitrogen and oxygen atoms in total. The smallest absolute Gasteiger partial charge is 0.254 e. The summed E-state index contributed by atoms with van der Waals surface area (Å²) in [6.07, 6.45) is 1.47. The Labute approximate surface area is 158 Å². The molecule has 0 saturated carbocycles. The Hall–Kier alpha value is -1.01. The van der Waals surface area contributed by atoms with Crippen LogP contribution < -0.4 is 10.6 Å². The summed E-state index contributed by atoms with van der Waals surface area (Å²) in [6, 6.07) is 4.46. The molecule has 0 aromatic heterocycles. The summed E-state index contributed by atoms with van der Waals surface area (Å²) in [5.74, 6) is -0.334. The van der Waals surface area contributed by atoms with Crippen molar-refractivity contribution in [1.82, 2.24) is 15.5 Å². The SMILES string of the molecule is CNC(C)CNC(=O)C1CCCN1C(=O)c1cc(Cl)cc(Cl)c1.Cl. The van der Waals surface area contributed by atoms with Crippen LogP contribution in [0.3, 0.4) is 0 Å². The zero-order valence-electron chi connectivity index (χ0n) is 13.6. The number of hydrogen-bond acceptors (Lipinski definition) is 3. The van der Waals surface area contributed by atoms with Crippen LogP contribution in [0.4, 0.5) is 0 Å². The van der Waals surface area contributed by atoms with E-state index in [1.54, 1.807) is 23.1 Å². The second kappa shape index (κ2) is 9.47. The zero-order chi connectivity index (χ0) is 17.0. The van der Waals surface area contributed by atoms with Crippen molar-refractivity contribution in [2.24, 2.45) is 0 Å². The lowest BCUT2D eigenvalue weighted by molar-refractivity contribution is -0.124. The van der Waals surface area contributed by atoms with E-state index in [1.807, 2.05) is 14.0 Å². The van der Waals surface area contributed by atoms with E-state index in [9.17, 15) is 9.59 Å². The van der Waals surface area contributed by atoms with E-state index >= 15 is 0 Å². The summed E-state index contributed by atoms with van der Waals surface area (Å²) in [5, 5.41) is 6.76. The summed E-state index contributed by atoms with van der Waals surface area (Å²) < 4.78 is 0. The molecule has 0 aliphatic carbocycles. The topological polar surface area (TPSA) is 61.4 Å². The Morgan fingerprint density at radius 2 is 1.92 bits per heavy atom. The van der Waals surface area contributed by atoms with Gasteiger partial charge in [-0.2, -0.15) is 0 Å². The van der Waals surface area contributed by atoms with E-state index in [-0.39, 0.29) is 30.3 Å². The monoisotopic (exact) mass is 393 g/mol. The Morgan fingerprint density at radius 1 is 1.29 bits per heavy atom. The predicted molar refractivity (Wildman–Crippen MR) is 99.3 cm³/mol. The van der Waals surface area contributed by atoms with E-state index in [0.29, 0.717) is 35.1 Å². The molecule has 24 heavy (non-hydrogen) atoms. The number of amides is 2. The standard InChI is InChI=1S/C16H21Cl2N3O2.ClH/c1-10(19-2)9-20-15(22)14-4-3-5-21(14)16(23)11-6-12(17)8-13(18)7-11;/h6-8,10,14,19H,3-5,9H2,1-2H3,(H,20,22);1H. The minimum atomic E-state index is -0.440. The van der Waals surface area contributed by atoms with Gasteiger partial charge in [-0.25, -0.2) is 0 Å². The maximum absolute atomic E-state index is 12.7. The van der Waals surface area contributed by atoms with Crippen molar-refractivity contribution in [2.75, 3.05) is 20.1 Å². The fourth-order valence-electron chi connectivity index (χ4n) is 2.60. The summed E-state index contributed by atoms with van der Waals surface area (Å²) in [4.78, 5) is 26.6. The third kappa shape index (κ3) is 5.24. The highest BCUT2D eigenvalue weighted by Crippen LogP contribution is 2.24. The van der Waals surface area contributed by atoms with Crippen molar-refractivity contribution in [2.45, 2.75) is 31.8 Å². The van der Waals surface area contributed by atoms with Crippen molar-refractivity contribution >= 4 is 47.4 Å². The third-order valence-corrected chi connectivity index (χ3v) is 4.44. The van der Waals surface area contributed by atoms with Crippen LogP contribution in [0.2, 0.25) is 10.0 Å². The molecule has 1 aromatic carbocycles. The number of halogens is 3. The first-order chi connectivity index (χ1) is 10.9. The second-order valence-corrected chi connectivity index (χ2v) is 6.62. The highest BCUT2D eigenvalue weighted by molar-refractivity contribution is 6.35. The molecule has 0 bridgehead atoms. The van der Waals surface area contributed by atoms with Gasteiger partial charge in [0.05, 0.1) is 0 Å². The van der Waals surface area contributed by atoms with E-state index in [1.165, 1.54) is 0 Å². The van der Waals surface area contributed by atoms with Crippen molar-refractivity contribution < 1.29 is 9.59 Å². The van der Waals surface area contributed by atoms with Gasteiger partial charge in [0, 0.05) is 34.7 Å². The first-order valence-corrected chi connectivity index (χ1v) is 8.40. The lowest BCUT2D eigenvalue weighted by Gasteiger charge is -2.25. The maximum atomic E-state index is 12.7. The van der Waals surface area contributed by atoms with Crippen molar-refractivity contribution in [3.8, 4) is 0 Å². The first-order valence-electron chi connectivity index (χ1n) is 7.64. The number of likely N-dealkylation sites (tertiary alicyclic amines) is 1. The van der Waals surface area contributed by atoms with Gasteiger partial charge in [0.1, 0.15) is 6.04 Å². The number of hydrogen-bond donors (Lipinski definition) is 2. The van der Waals surface area contributed by atoms with E-state index < -0.39 is 6.04 Å². The Morgan fingerprint density at radius 3 is 2.50 bits per heavy atom. The van der Waals surface area contributed by atoms with Gasteiger partial charge in [-0.15, -0.1) is 12.4 Å². The van der Waals surface area contributed by atoms with E-state index in [4.69, 9.17) is 23.2 Å². The largest absolute Gasteiger partial charge is 0.353 e.